The fourth-order valence-corrected chi connectivity index (χ4v) is 4.14. The van der Waals surface area contributed by atoms with Gasteiger partial charge in [-0.25, -0.2) is 4.39 Å². The maximum Gasteiger partial charge on any atom is 0.261 e. The average Bonchev–Trinajstić information content (AvgIpc) is 3.32. The van der Waals surface area contributed by atoms with Crippen LogP contribution >= 0.6 is 11.3 Å². The Kier molecular flexibility index (Phi) is 4.94. The van der Waals surface area contributed by atoms with Crippen LogP contribution in [0.15, 0.2) is 42.5 Å². The number of benzene rings is 1. The molecule has 1 amide bonds. The summed E-state index contributed by atoms with van der Waals surface area (Å²) in [7, 11) is 0. The van der Waals surface area contributed by atoms with Crippen molar-refractivity contribution in [3.8, 4) is 11.3 Å². The molecule has 0 bridgehead atoms. The summed E-state index contributed by atoms with van der Waals surface area (Å²) < 4.78 is 13.1. The first-order valence-electron chi connectivity index (χ1n) is 9.02. The minimum Gasteiger partial charge on any atom is -0.353 e. The smallest absolute Gasteiger partial charge is 0.261 e. The SMILES string of the molecule is Cc1ccc(C(=O)NC2CCCN(c3cc(-c4ccc(F)cc4)[nH]n3)C2)s1. The molecule has 7 heteroatoms. The third kappa shape index (κ3) is 4.03. The number of aryl methyl sites for hydroxylation is 1. The van der Waals surface area contributed by atoms with E-state index in [-0.39, 0.29) is 17.8 Å². The monoisotopic (exact) mass is 384 g/mol. The van der Waals surface area contributed by atoms with Crippen molar-refractivity contribution < 1.29 is 9.18 Å². The van der Waals surface area contributed by atoms with Crippen LogP contribution < -0.4 is 10.2 Å². The fourth-order valence-electron chi connectivity index (χ4n) is 3.37. The van der Waals surface area contributed by atoms with Crippen LogP contribution in [0.1, 0.15) is 27.4 Å². The highest BCUT2D eigenvalue weighted by molar-refractivity contribution is 7.13. The Morgan fingerprint density at radius 1 is 1.30 bits per heavy atom. The summed E-state index contributed by atoms with van der Waals surface area (Å²) >= 11 is 1.51. The molecule has 1 aromatic carbocycles. The summed E-state index contributed by atoms with van der Waals surface area (Å²) in [6.07, 6.45) is 1.95. The highest BCUT2D eigenvalue weighted by atomic mass is 32.1. The molecule has 4 rings (SSSR count). The normalized spacial score (nSPS) is 17.1. The Labute approximate surface area is 161 Å². The Morgan fingerprint density at radius 2 is 2.11 bits per heavy atom. The number of hydrogen-bond acceptors (Lipinski definition) is 4. The molecule has 0 saturated carbocycles. The predicted octanol–water partition coefficient (Wildman–Crippen LogP) is 3.98. The first kappa shape index (κ1) is 17.7. The molecule has 140 valence electrons. The zero-order valence-electron chi connectivity index (χ0n) is 15.0. The maximum atomic E-state index is 13.1. The van der Waals surface area contributed by atoms with E-state index in [1.165, 1.54) is 23.5 Å². The van der Waals surface area contributed by atoms with Crippen molar-refractivity contribution in [3.63, 3.8) is 0 Å². The van der Waals surface area contributed by atoms with Crippen molar-refractivity contribution in [3.05, 3.63) is 58.0 Å². The predicted molar refractivity (Wildman–Crippen MR) is 106 cm³/mol. The number of nitrogens with zero attached hydrogens (tertiary/aromatic N) is 2. The van der Waals surface area contributed by atoms with Crippen LogP contribution in [-0.2, 0) is 0 Å². The van der Waals surface area contributed by atoms with E-state index in [2.05, 4.69) is 20.4 Å². The lowest BCUT2D eigenvalue weighted by molar-refractivity contribution is 0.0937. The average molecular weight is 384 g/mol. The molecule has 1 unspecified atom stereocenters. The molecular weight excluding hydrogens is 363 g/mol. The van der Waals surface area contributed by atoms with Gasteiger partial charge in [-0.3, -0.25) is 9.89 Å². The molecule has 1 aliphatic heterocycles. The van der Waals surface area contributed by atoms with Crippen LogP contribution in [0.25, 0.3) is 11.3 Å². The molecule has 3 heterocycles. The topological polar surface area (TPSA) is 61.0 Å². The molecule has 1 atom stereocenters. The molecule has 3 aromatic rings. The minimum atomic E-state index is -0.256. The lowest BCUT2D eigenvalue weighted by Crippen LogP contribution is -2.47. The van der Waals surface area contributed by atoms with E-state index in [1.54, 1.807) is 12.1 Å². The summed E-state index contributed by atoms with van der Waals surface area (Å²) in [6.45, 7) is 3.63. The van der Waals surface area contributed by atoms with Gasteiger partial charge in [0.25, 0.3) is 5.91 Å². The number of carbonyl (C=O) groups excluding carboxylic acids is 1. The molecule has 5 nitrogen and oxygen atoms in total. The number of piperidine rings is 1. The van der Waals surface area contributed by atoms with E-state index in [9.17, 15) is 9.18 Å². The third-order valence-corrected chi connectivity index (χ3v) is 5.76. The second-order valence-electron chi connectivity index (χ2n) is 6.82. The summed E-state index contributed by atoms with van der Waals surface area (Å²) in [5.74, 6) is 0.586. The largest absolute Gasteiger partial charge is 0.353 e. The van der Waals surface area contributed by atoms with Gasteiger partial charge < -0.3 is 10.2 Å². The van der Waals surface area contributed by atoms with Crippen molar-refractivity contribution in [1.29, 1.82) is 0 Å². The van der Waals surface area contributed by atoms with Gasteiger partial charge in [0, 0.05) is 30.1 Å². The standard InChI is InChI=1S/C20H21FN4OS/c1-13-4-9-18(27-13)20(26)22-16-3-2-10-25(12-16)19-11-17(23-24-19)14-5-7-15(21)8-6-14/h4-9,11,16H,2-3,10,12H2,1H3,(H,22,26)(H,23,24). The van der Waals surface area contributed by atoms with Crippen LogP contribution in [0.2, 0.25) is 0 Å². The lowest BCUT2D eigenvalue weighted by atomic mass is 10.1. The molecule has 1 saturated heterocycles. The van der Waals surface area contributed by atoms with E-state index in [0.29, 0.717) is 0 Å². The van der Waals surface area contributed by atoms with Gasteiger partial charge in [0.05, 0.1) is 10.6 Å². The Morgan fingerprint density at radius 3 is 2.85 bits per heavy atom. The van der Waals surface area contributed by atoms with Crippen molar-refractivity contribution in [2.45, 2.75) is 25.8 Å². The number of anilines is 1. The van der Waals surface area contributed by atoms with Gasteiger partial charge in [-0.2, -0.15) is 5.10 Å². The van der Waals surface area contributed by atoms with Crippen LogP contribution in [-0.4, -0.2) is 35.2 Å². The van der Waals surface area contributed by atoms with Crippen molar-refractivity contribution in [2.75, 3.05) is 18.0 Å². The van der Waals surface area contributed by atoms with E-state index >= 15 is 0 Å². The number of rotatable bonds is 4. The number of hydrogen-bond donors (Lipinski definition) is 2. The Hall–Kier alpha value is -2.67. The quantitative estimate of drug-likeness (QED) is 0.715. The van der Waals surface area contributed by atoms with Gasteiger partial charge >= 0.3 is 0 Å². The van der Waals surface area contributed by atoms with Crippen molar-refractivity contribution in [1.82, 2.24) is 15.5 Å². The molecule has 1 fully saturated rings. The number of H-pyrrole nitrogens is 1. The molecule has 1 aliphatic rings. The summed E-state index contributed by atoms with van der Waals surface area (Å²) in [6, 6.07) is 12.2. The number of nitrogens with one attached hydrogen (secondary N) is 2. The number of aromatic nitrogens is 2. The summed E-state index contributed by atoms with van der Waals surface area (Å²) in [5, 5.41) is 10.6. The van der Waals surface area contributed by atoms with E-state index < -0.39 is 0 Å². The van der Waals surface area contributed by atoms with Crippen molar-refractivity contribution in [2.24, 2.45) is 0 Å². The maximum absolute atomic E-state index is 13.1. The number of thiophene rings is 1. The Bertz CT molecular complexity index is 934. The van der Waals surface area contributed by atoms with Crippen molar-refractivity contribution >= 4 is 23.1 Å². The minimum absolute atomic E-state index is 0.00557. The van der Waals surface area contributed by atoms with Gasteiger partial charge in [-0.15, -0.1) is 11.3 Å². The third-order valence-electron chi connectivity index (χ3n) is 4.76. The zero-order chi connectivity index (χ0) is 18.8. The van der Waals surface area contributed by atoms with Gasteiger partial charge in [0.15, 0.2) is 5.82 Å². The summed E-state index contributed by atoms with van der Waals surface area (Å²) in [4.78, 5) is 16.5. The van der Waals surface area contributed by atoms with Crippen LogP contribution in [0, 0.1) is 12.7 Å². The number of aromatic amines is 1. The number of amides is 1. The van der Waals surface area contributed by atoms with Crippen LogP contribution in [0.5, 0.6) is 0 Å². The highest BCUT2D eigenvalue weighted by Crippen LogP contribution is 2.24. The molecule has 2 N–H and O–H groups in total. The molecule has 0 radical (unpaired) electrons. The van der Waals surface area contributed by atoms with Crippen LogP contribution in [0.4, 0.5) is 10.2 Å². The Balaban J connectivity index is 1.42. The van der Waals surface area contributed by atoms with Gasteiger partial charge in [-0.05, 0) is 61.7 Å². The molecular formula is C20H21FN4OS. The summed E-state index contributed by atoms with van der Waals surface area (Å²) in [5.41, 5.74) is 1.75. The highest BCUT2D eigenvalue weighted by Gasteiger charge is 2.24. The van der Waals surface area contributed by atoms with E-state index in [0.717, 1.165) is 52.8 Å². The number of halogens is 1. The van der Waals surface area contributed by atoms with Gasteiger partial charge in [0.2, 0.25) is 0 Å². The second kappa shape index (κ2) is 7.52. The first-order chi connectivity index (χ1) is 13.1. The first-order valence-corrected chi connectivity index (χ1v) is 9.84. The van der Waals surface area contributed by atoms with Crippen LogP contribution in [0.3, 0.4) is 0 Å². The van der Waals surface area contributed by atoms with Gasteiger partial charge in [0.1, 0.15) is 5.82 Å². The molecule has 2 aromatic heterocycles. The number of carbonyl (C=O) groups is 1. The zero-order valence-corrected chi connectivity index (χ0v) is 15.9. The second-order valence-corrected chi connectivity index (χ2v) is 8.10. The van der Waals surface area contributed by atoms with Gasteiger partial charge in [-0.1, -0.05) is 0 Å². The van der Waals surface area contributed by atoms with E-state index in [4.69, 9.17) is 0 Å². The lowest BCUT2D eigenvalue weighted by Gasteiger charge is -2.33. The molecule has 0 spiro atoms. The molecule has 27 heavy (non-hydrogen) atoms. The van der Waals surface area contributed by atoms with E-state index in [1.807, 2.05) is 25.1 Å². The molecule has 0 aliphatic carbocycles. The fraction of sp³-hybridized carbons (Fsp3) is 0.300.